The lowest BCUT2D eigenvalue weighted by molar-refractivity contribution is 0.0379. The predicted molar refractivity (Wildman–Crippen MR) is 132 cm³/mol. The van der Waals surface area contributed by atoms with Crippen LogP contribution in [0.1, 0.15) is 81.4 Å². The smallest absolute Gasteiger partial charge is 0.252 e. The van der Waals surface area contributed by atoms with Crippen molar-refractivity contribution < 1.29 is 4.74 Å². The molecule has 3 heterocycles. The summed E-state index contributed by atoms with van der Waals surface area (Å²) in [5, 5.41) is 14.1. The molecule has 2 aromatic heterocycles. The maximum absolute atomic E-state index is 13.1. The largest absolute Gasteiger partial charge is 0.377 e. The second kappa shape index (κ2) is 9.96. The van der Waals surface area contributed by atoms with Crippen molar-refractivity contribution >= 4 is 10.9 Å². The van der Waals surface area contributed by atoms with Crippen LogP contribution in [0.3, 0.4) is 0 Å². The number of nitrogens with zero attached hydrogens (tertiary/aromatic N) is 5. The van der Waals surface area contributed by atoms with Gasteiger partial charge in [-0.1, -0.05) is 38.3 Å². The Morgan fingerprint density at radius 1 is 1.18 bits per heavy atom. The van der Waals surface area contributed by atoms with Gasteiger partial charge in [0.2, 0.25) is 0 Å². The SMILES string of the molecule is Cc1ccc2[nH]c(=O)c(CN(CC3CCCO3)C(c3nnnn3C3CCCC3)C(C)C)cc2c1. The number of tetrazole rings is 1. The summed E-state index contributed by atoms with van der Waals surface area (Å²) in [4.78, 5) is 18.6. The van der Waals surface area contributed by atoms with Gasteiger partial charge in [0.25, 0.3) is 5.56 Å². The Hall–Kier alpha value is -2.58. The van der Waals surface area contributed by atoms with Crippen LogP contribution >= 0.6 is 0 Å². The minimum absolute atomic E-state index is 0.00703. The number of aromatic nitrogens is 5. The molecule has 2 aliphatic rings. The summed E-state index contributed by atoms with van der Waals surface area (Å²) in [6, 6.07) is 8.53. The standard InChI is InChI=1S/C26H36N6O2/c1-17(2)24(25-28-29-30-32(25)21-7-4-5-8-21)31(16-22-9-6-12-34-22)15-20-14-19-13-18(3)10-11-23(19)27-26(20)33/h10-11,13-14,17,21-22,24H,4-9,12,15-16H2,1-3H3,(H,27,33). The van der Waals surface area contributed by atoms with E-state index in [1.165, 1.54) is 18.4 Å². The van der Waals surface area contributed by atoms with Gasteiger partial charge in [0.05, 0.1) is 18.2 Å². The highest BCUT2D eigenvalue weighted by Crippen LogP contribution is 2.35. The Bertz CT molecular complexity index is 1170. The van der Waals surface area contributed by atoms with Crippen LogP contribution < -0.4 is 5.56 Å². The summed E-state index contributed by atoms with van der Waals surface area (Å²) in [5.41, 5.74) is 2.78. The molecule has 0 bridgehead atoms. The Labute approximate surface area is 200 Å². The minimum atomic E-state index is -0.0356. The molecule has 8 nitrogen and oxygen atoms in total. The molecule has 1 aliphatic carbocycles. The molecule has 3 aromatic rings. The van der Waals surface area contributed by atoms with Crippen LogP contribution in [0.15, 0.2) is 29.1 Å². The number of hydrogen-bond donors (Lipinski definition) is 1. The van der Waals surface area contributed by atoms with Gasteiger partial charge in [0.1, 0.15) is 0 Å². The second-order valence-corrected chi connectivity index (χ2v) is 10.4. The molecule has 1 N–H and O–H groups in total. The molecule has 0 amide bonds. The fourth-order valence-electron chi connectivity index (χ4n) is 5.72. The fraction of sp³-hybridized carbons (Fsp3) is 0.615. The Morgan fingerprint density at radius 3 is 2.74 bits per heavy atom. The maximum Gasteiger partial charge on any atom is 0.252 e. The van der Waals surface area contributed by atoms with Crippen LogP contribution in [-0.2, 0) is 11.3 Å². The van der Waals surface area contributed by atoms with E-state index >= 15 is 0 Å². The number of rotatable bonds is 8. The molecule has 2 fully saturated rings. The fourth-order valence-corrected chi connectivity index (χ4v) is 5.72. The number of aryl methyl sites for hydroxylation is 1. The summed E-state index contributed by atoms with van der Waals surface area (Å²) in [6.45, 7) is 8.60. The van der Waals surface area contributed by atoms with Crippen LogP contribution in [-0.4, -0.2) is 49.3 Å². The first-order valence-corrected chi connectivity index (χ1v) is 12.8. The van der Waals surface area contributed by atoms with E-state index in [1.54, 1.807) is 0 Å². The van der Waals surface area contributed by atoms with Gasteiger partial charge in [-0.15, -0.1) is 5.10 Å². The van der Waals surface area contributed by atoms with E-state index in [0.717, 1.165) is 61.1 Å². The Kier molecular flexibility index (Phi) is 6.79. The Morgan fingerprint density at radius 2 is 2.00 bits per heavy atom. The van der Waals surface area contributed by atoms with Gasteiger partial charge in [-0.05, 0) is 72.5 Å². The zero-order valence-corrected chi connectivity index (χ0v) is 20.5. The summed E-state index contributed by atoms with van der Waals surface area (Å²) < 4.78 is 8.09. The number of aromatic amines is 1. The van der Waals surface area contributed by atoms with E-state index < -0.39 is 0 Å². The van der Waals surface area contributed by atoms with Crippen LogP contribution in [0.4, 0.5) is 0 Å². The number of hydrogen-bond acceptors (Lipinski definition) is 6. The van der Waals surface area contributed by atoms with E-state index in [0.29, 0.717) is 12.6 Å². The molecule has 2 atom stereocenters. The highest BCUT2D eigenvalue weighted by molar-refractivity contribution is 5.79. The van der Waals surface area contributed by atoms with E-state index in [4.69, 9.17) is 4.74 Å². The molecule has 0 spiro atoms. The highest BCUT2D eigenvalue weighted by atomic mass is 16.5. The molecule has 8 heteroatoms. The van der Waals surface area contributed by atoms with Gasteiger partial charge in [-0.2, -0.15) is 0 Å². The Balaban J connectivity index is 1.52. The van der Waals surface area contributed by atoms with E-state index in [9.17, 15) is 4.79 Å². The molecule has 2 unspecified atom stereocenters. The van der Waals surface area contributed by atoms with Crippen LogP contribution in [0.25, 0.3) is 10.9 Å². The first-order chi connectivity index (χ1) is 16.5. The third kappa shape index (κ3) is 4.79. The number of ether oxygens (including phenoxy) is 1. The first-order valence-electron chi connectivity index (χ1n) is 12.8. The predicted octanol–water partition coefficient (Wildman–Crippen LogP) is 4.32. The third-order valence-electron chi connectivity index (χ3n) is 7.39. The number of H-pyrrole nitrogens is 1. The van der Waals surface area contributed by atoms with Gasteiger partial charge >= 0.3 is 0 Å². The monoisotopic (exact) mass is 464 g/mol. The summed E-state index contributed by atoms with van der Waals surface area (Å²) >= 11 is 0. The molecule has 1 aliphatic heterocycles. The number of nitrogens with one attached hydrogen (secondary N) is 1. The molecule has 1 aromatic carbocycles. The lowest BCUT2D eigenvalue weighted by atomic mass is 9.99. The molecule has 34 heavy (non-hydrogen) atoms. The van der Waals surface area contributed by atoms with Crippen molar-refractivity contribution in [2.45, 2.75) is 84.0 Å². The quantitative estimate of drug-likeness (QED) is 0.534. The second-order valence-electron chi connectivity index (χ2n) is 10.4. The first kappa shape index (κ1) is 23.2. The van der Waals surface area contributed by atoms with Gasteiger partial charge in [-0.3, -0.25) is 9.69 Å². The molecular weight excluding hydrogens is 428 g/mol. The molecule has 5 rings (SSSR count). The van der Waals surface area contributed by atoms with Crippen molar-refractivity contribution in [3.8, 4) is 0 Å². The average Bonchev–Trinajstić information content (AvgIpc) is 3.57. The van der Waals surface area contributed by atoms with Crippen molar-refractivity contribution in [1.82, 2.24) is 30.1 Å². The van der Waals surface area contributed by atoms with Crippen molar-refractivity contribution in [1.29, 1.82) is 0 Å². The van der Waals surface area contributed by atoms with Crippen molar-refractivity contribution in [3.05, 3.63) is 51.6 Å². The zero-order valence-electron chi connectivity index (χ0n) is 20.5. The summed E-state index contributed by atoms with van der Waals surface area (Å²) in [7, 11) is 0. The molecule has 1 saturated heterocycles. The number of fused-ring (bicyclic) bond motifs is 1. The van der Waals surface area contributed by atoms with Crippen molar-refractivity contribution in [2.75, 3.05) is 13.2 Å². The normalized spacial score (nSPS) is 20.2. The topological polar surface area (TPSA) is 88.9 Å². The number of benzene rings is 1. The summed E-state index contributed by atoms with van der Waals surface area (Å²) in [5.74, 6) is 1.18. The average molecular weight is 465 g/mol. The highest BCUT2D eigenvalue weighted by Gasteiger charge is 2.34. The van der Waals surface area contributed by atoms with Crippen molar-refractivity contribution in [3.63, 3.8) is 0 Å². The number of pyridine rings is 1. The maximum atomic E-state index is 13.1. The third-order valence-corrected chi connectivity index (χ3v) is 7.39. The van der Waals surface area contributed by atoms with E-state index in [2.05, 4.69) is 56.9 Å². The lowest BCUT2D eigenvalue weighted by Gasteiger charge is -2.35. The summed E-state index contributed by atoms with van der Waals surface area (Å²) in [6.07, 6.45) is 6.99. The molecule has 182 valence electrons. The van der Waals surface area contributed by atoms with E-state index in [-0.39, 0.29) is 23.6 Å². The molecular formula is C26H36N6O2. The van der Waals surface area contributed by atoms with Crippen molar-refractivity contribution in [2.24, 2.45) is 5.92 Å². The zero-order chi connectivity index (χ0) is 23.7. The van der Waals surface area contributed by atoms with Gasteiger partial charge < -0.3 is 9.72 Å². The molecule has 1 saturated carbocycles. The van der Waals surface area contributed by atoms with Crippen LogP contribution in [0.5, 0.6) is 0 Å². The van der Waals surface area contributed by atoms with Crippen LogP contribution in [0, 0.1) is 12.8 Å². The lowest BCUT2D eigenvalue weighted by Crippen LogP contribution is -2.40. The van der Waals surface area contributed by atoms with E-state index in [1.807, 2.05) is 18.2 Å². The van der Waals surface area contributed by atoms with Gasteiger partial charge in [0, 0.05) is 30.8 Å². The van der Waals surface area contributed by atoms with Gasteiger partial charge in [-0.25, -0.2) is 4.68 Å². The molecule has 0 radical (unpaired) electrons. The minimum Gasteiger partial charge on any atom is -0.377 e. The van der Waals surface area contributed by atoms with Crippen LogP contribution in [0.2, 0.25) is 0 Å². The van der Waals surface area contributed by atoms with Gasteiger partial charge in [0.15, 0.2) is 5.82 Å².